The molecule has 0 spiro atoms. The Kier molecular flexibility index (Phi) is 8.07. The van der Waals surface area contributed by atoms with Crippen molar-refractivity contribution < 1.29 is 0 Å². The third-order valence-corrected chi connectivity index (χ3v) is 6.13. The summed E-state index contributed by atoms with van der Waals surface area (Å²) in [5, 5.41) is 6.90. The number of aryl methyl sites for hydroxylation is 1. The molecule has 1 aliphatic rings. The van der Waals surface area contributed by atoms with E-state index in [1.165, 1.54) is 80.1 Å². The van der Waals surface area contributed by atoms with Gasteiger partial charge in [0.05, 0.1) is 5.52 Å². The number of benzene rings is 1. The maximum Gasteiger partial charge on any atom is 0.0741 e. The van der Waals surface area contributed by atoms with Crippen LogP contribution in [0.15, 0.2) is 18.2 Å². The zero-order valence-corrected chi connectivity index (χ0v) is 18.0. The van der Waals surface area contributed by atoms with Gasteiger partial charge in [0.15, 0.2) is 0 Å². The van der Waals surface area contributed by atoms with Crippen LogP contribution in [-0.4, -0.2) is 16.9 Å². The Hall–Kier alpha value is -0.800. The molecule has 0 bridgehead atoms. The van der Waals surface area contributed by atoms with Gasteiger partial charge in [0.25, 0.3) is 0 Å². The summed E-state index contributed by atoms with van der Waals surface area (Å²) in [7, 11) is 0. The number of nitrogens with zero attached hydrogens (tertiary/aromatic N) is 1. The molecule has 1 N–H and O–H groups in total. The number of aromatic nitrogens is 1. The number of pyridine rings is 1. The van der Waals surface area contributed by atoms with Gasteiger partial charge >= 0.3 is 0 Å². The van der Waals surface area contributed by atoms with Gasteiger partial charge in [-0.25, -0.2) is 0 Å². The number of rotatable bonds is 10. The highest BCUT2D eigenvalue weighted by Crippen LogP contribution is 2.34. The number of anilines is 1. The smallest absolute Gasteiger partial charge is 0.0741 e. The number of unbranched alkanes of at least 4 members (excludes halogenated alkanes) is 6. The fourth-order valence-electron chi connectivity index (χ4n) is 3.92. The van der Waals surface area contributed by atoms with Gasteiger partial charge in [-0.15, -0.1) is 0 Å². The summed E-state index contributed by atoms with van der Waals surface area (Å²) in [5.74, 6) is 0. The van der Waals surface area contributed by atoms with Crippen LogP contribution < -0.4 is 5.32 Å². The summed E-state index contributed by atoms with van der Waals surface area (Å²) in [4.78, 5) is 4.90. The third kappa shape index (κ3) is 5.36. The number of hydrogen-bond acceptors (Lipinski definition) is 2. The van der Waals surface area contributed by atoms with Crippen molar-refractivity contribution in [3.05, 3.63) is 34.5 Å². The van der Waals surface area contributed by atoms with Crippen LogP contribution >= 0.6 is 27.5 Å². The van der Waals surface area contributed by atoms with E-state index >= 15 is 0 Å². The molecule has 0 saturated carbocycles. The Bertz CT molecular complexity index is 717. The van der Waals surface area contributed by atoms with Gasteiger partial charge in [-0.3, -0.25) is 4.98 Å². The minimum Gasteiger partial charge on any atom is -0.384 e. The van der Waals surface area contributed by atoms with E-state index in [1.807, 2.05) is 12.1 Å². The highest BCUT2D eigenvalue weighted by molar-refractivity contribution is 9.09. The molecule has 2 nitrogen and oxygen atoms in total. The quantitative estimate of drug-likeness (QED) is 0.311. The lowest BCUT2D eigenvalue weighted by atomic mass is 9.92. The van der Waals surface area contributed by atoms with E-state index in [-0.39, 0.29) is 0 Å². The number of hydrogen-bond donors (Lipinski definition) is 1. The van der Waals surface area contributed by atoms with Crippen molar-refractivity contribution in [2.24, 2.45) is 0 Å². The first-order chi connectivity index (χ1) is 12.8. The van der Waals surface area contributed by atoms with Crippen molar-refractivity contribution in [2.75, 3.05) is 17.2 Å². The molecule has 0 amide bonds. The molecule has 0 fully saturated rings. The van der Waals surface area contributed by atoms with Gasteiger partial charge in [-0.1, -0.05) is 59.6 Å². The van der Waals surface area contributed by atoms with Crippen LogP contribution in [-0.2, 0) is 12.8 Å². The van der Waals surface area contributed by atoms with Crippen molar-refractivity contribution in [1.29, 1.82) is 0 Å². The fraction of sp³-hybridized carbons (Fsp3) is 0.591. The molecule has 142 valence electrons. The topological polar surface area (TPSA) is 24.9 Å². The van der Waals surface area contributed by atoms with E-state index < -0.39 is 0 Å². The lowest BCUT2D eigenvalue weighted by Gasteiger charge is -2.22. The molecule has 4 heteroatoms. The monoisotopic (exact) mass is 436 g/mol. The first-order valence-corrected chi connectivity index (χ1v) is 11.7. The molecule has 2 aromatic rings. The maximum absolute atomic E-state index is 6.20. The second-order valence-corrected chi connectivity index (χ2v) is 8.60. The van der Waals surface area contributed by atoms with Crippen molar-refractivity contribution in [3.8, 4) is 0 Å². The van der Waals surface area contributed by atoms with E-state index in [2.05, 4.69) is 27.3 Å². The Morgan fingerprint density at radius 1 is 0.962 bits per heavy atom. The standard InChI is InChI=1S/C22H30BrClN2/c23-14-8-4-2-1-3-5-9-15-25-22-18-10-6-7-11-20(18)26-21-16-17(24)12-13-19(21)22/h12-13,16H,1-11,14-15H2,(H,25,26). The van der Waals surface area contributed by atoms with Crippen LogP contribution in [0.3, 0.4) is 0 Å². The minimum absolute atomic E-state index is 0.770. The highest BCUT2D eigenvalue weighted by Gasteiger charge is 2.18. The van der Waals surface area contributed by atoms with E-state index in [0.29, 0.717) is 0 Å². The SMILES string of the molecule is Clc1ccc2c(NCCCCCCCCCBr)c3c(nc2c1)CCCC3. The number of halogens is 2. The zero-order chi connectivity index (χ0) is 18.2. The lowest BCUT2D eigenvalue weighted by molar-refractivity contribution is 0.598. The molecule has 1 heterocycles. The fourth-order valence-corrected chi connectivity index (χ4v) is 4.48. The second kappa shape index (κ2) is 10.5. The van der Waals surface area contributed by atoms with Gasteiger partial charge in [0.1, 0.15) is 0 Å². The highest BCUT2D eigenvalue weighted by atomic mass is 79.9. The first-order valence-electron chi connectivity index (χ1n) is 10.2. The predicted molar refractivity (Wildman–Crippen MR) is 118 cm³/mol. The maximum atomic E-state index is 6.20. The van der Waals surface area contributed by atoms with Crippen LogP contribution in [0.2, 0.25) is 5.02 Å². The van der Waals surface area contributed by atoms with Crippen molar-refractivity contribution >= 4 is 44.1 Å². The molecule has 0 aliphatic heterocycles. The molecule has 0 atom stereocenters. The molecule has 0 radical (unpaired) electrons. The van der Waals surface area contributed by atoms with Crippen molar-refractivity contribution in [3.63, 3.8) is 0 Å². The summed E-state index contributed by atoms with van der Waals surface area (Å²) in [6, 6.07) is 6.12. The van der Waals surface area contributed by atoms with Crippen LogP contribution in [0, 0.1) is 0 Å². The molecule has 3 rings (SSSR count). The molecular formula is C22H30BrClN2. The number of fused-ring (bicyclic) bond motifs is 2. The van der Waals surface area contributed by atoms with Gasteiger partial charge < -0.3 is 5.32 Å². The Labute approximate surface area is 171 Å². The number of alkyl halides is 1. The van der Waals surface area contributed by atoms with Crippen LogP contribution in [0.25, 0.3) is 10.9 Å². The molecule has 26 heavy (non-hydrogen) atoms. The van der Waals surface area contributed by atoms with Crippen LogP contribution in [0.1, 0.15) is 69.0 Å². The molecule has 1 aliphatic carbocycles. The Balaban J connectivity index is 1.58. The van der Waals surface area contributed by atoms with E-state index in [4.69, 9.17) is 16.6 Å². The summed E-state index contributed by atoms with van der Waals surface area (Å²) in [5.41, 5.74) is 5.08. The molecule has 0 unspecified atom stereocenters. The van der Waals surface area contributed by atoms with E-state index in [9.17, 15) is 0 Å². The van der Waals surface area contributed by atoms with Gasteiger partial charge in [0.2, 0.25) is 0 Å². The largest absolute Gasteiger partial charge is 0.384 e. The summed E-state index contributed by atoms with van der Waals surface area (Å²) in [6.07, 6.45) is 14.1. The van der Waals surface area contributed by atoms with Crippen LogP contribution in [0.4, 0.5) is 5.69 Å². The molecular weight excluding hydrogens is 408 g/mol. The summed E-state index contributed by atoms with van der Waals surface area (Å²) >= 11 is 9.70. The van der Waals surface area contributed by atoms with Gasteiger partial charge in [-0.05, 0) is 62.3 Å². The molecule has 1 aromatic heterocycles. The Morgan fingerprint density at radius 3 is 2.50 bits per heavy atom. The van der Waals surface area contributed by atoms with Crippen LogP contribution in [0.5, 0.6) is 0 Å². The average molecular weight is 438 g/mol. The summed E-state index contributed by atoms with van der Waals surface area (Å²) in [6.45, 7) is 1.05. The minimum atomic E-state index is 0.770. The van der Waals surface area contributed by atoms with Crippen molar-refractivity contribution in [2.45, 2.75) is 70.6 Å². The molecule has 1 aromatic carbocycles. The number of nitrogens with one attached hydrogen (secondary N) is 1. The second-order valence-electron chi connectivity index (χ2n) is 7.37. The third-order valence-electron chi connectivity index (χ3n) is 5.34. The lowest BCUT2D eigenvalue weighted by Crippen LogP contribution is -2.12. The summed E-state index contributed by atoms with van der Waals surface area (Å²) < 4.78 is 0. The predicted octanol–water partition coefficient (Wildman–Crippen LogP) is 7.30. The first kappa shape index (κ1) is 19.9. The Morgan fingerprint density at radius 2 is 1.69 bits per heavy atom. The van der Waals surface area contributed by atoms with Crippen molar-refractivity contribution in [1.82, 2.24) is 4.98 Å². The van der Waals surface area contributed by atoms with Gasteiger partial charge in [0, 0.05) is 33.7 Å². The molecule has 0 saturated heterocycles. The normalized spacial score (nSPS) is 13.8. The zero-order valence-electron chi connectivity index (χ0n) is 15.6. The van der Waals surface area contributed by atoms with E-state index in [1.54, 1.807) is 0 Å². The van der Waals surface area contributed by atoms with Gasteiger partial charge in [-0.2, -0.15) is 0 Å². The van der Waals surface area contributed by atoms with E-state index in [0.717, 1.165) is 35.3 Å². The average Bonchev–Trinajstić information content (AvgIpc) is 2.65.